The number of carbonyl (C=O) groups is 2. The van der Waals surface area contributed by atoms with E-state index in [0.29, 0.717) is 0 Å². The number of halogens is 1. The number of carbonyl (C=O) groups excluding carboxylic acids is 2. The van der Waals surface area contributed by atoms with Gasteiger partial charge < -0.3 is 20.9 Å². The molecule has 0 aliphatic carbocycles. The Morgan fingerprint density at radius 1 is 1.12 bits per heavy atom. The summed E-state index contributed by atoms with van der Waals surface area (Å²) in [4.78, 5) is 20.9. The molecule has 0 fully saturated rings. The number of hydrogen-bond donors (Lipinski definition) is 2. The fraction of sp³-hybridized carbons (Fsp3) is 0.778. The lowest BCUT2D eigenvalue weighted by Crippen LogP contribution is -2.33. The summed E-state index contributed by atoms with van der Waals surface area (Å²) in [5.74, 6) is 0. The Hall–Kier alpha value is -1.17. The van der Waals surface area contributed by atoms with Gasteiger partial charge in [-0.15, -0.1) is 12.4 Å². The van der Waals surface area contributed by atoms with Crippen LogP contribution in [-0.2, 0) is 9.47 Å². The van der Waals surface area contributed by atoms with Crippen LogP contribution >= 0.6 is 12.4 Å². The van der Waals surface area contributed by atoms with Crippen LogP contribution < -0.4 is 11.5 Å². The maximum atomic E-state index is 10.5. The van der Waals surface area contributed by atoms with E-state index < -0.39 is 17.6 Å². The molecule has 0 aromatic heterocycles. The second-order valence-corrected chi connectivity index (χ2v) is 3.78. The summed E-state index contributed by atoms with van der Waals surface area (Å²) < 4.78 is 9.40. The van der Waals surface area contributed by atoms with Crippen molar-refractivity contribution < 1.29 is 19.1 Å². The van der Waals surface area contributed by atoms with Crippen LogP contribution in [0.1, 0.15) is 26.7 Å². The van der Waals surface area contributed by atoms with E-state index in [4.69, 9.17) is 20.9 Å². The number of nitrogens with two attached hydrogens (primary N) is 2. The molecule has 0 aliphatic heterocycles. The standard InChI is InChI=1S/C9H18N2O4.ClH/c1-3-4-9(2,5-14-7(10)12)6-15-8(11)13;/h3-6H2,1-2H3,(H2,10,12)(H2,11,13);1H. The molecule has 0 saturated heterocycles. The molecule has 0 rings (SSSR count). The van der Waals surface area contributed by atoms with Gasteiger partial charge in [0.05, 0.1) is 0 Å². The topological polar surface area (TPSA) is 105 Å². The Morgan fingerprint density at radius 3 is 1.75 bits per heavy atom. The highest BCUT2D eigenvalue weighted by atomic mass is 35.5. The zero-order chi connectivity index (χ0) is 11.9. The van der Waals surface area contributed by atoms with E-state index in [1.165, 1.54) is 0 Å². The predicted octanol–water partition coefficient (Wildman–Crippen LogP) is 1.41. The van der Waals surface area contributed by atoms with Gasteiger partial charge >= 0.3 is 12.2 Å². The quantitative estimate of drug-likeness (QED) is 0.747. The van der Waals surface area contributed by atoms with Gasteiger partial charge in [0, 0.05) is 5.41 Å². The summed E-state index contributed by atoms with van der Waals surface area (Å²) in [6.07, 6.45) is -0.0540. The van der Waals surface area contributed by atoms with Crippen LogP contribution in [0, 0.1) is 5.41 Å². The summed E-state index contributed by atoms with van der Waals surface area (Å²) in [5.41, 5.74) is 9.28. The first-order chi connectivity index (χ1) is 6.89. The van der Waals surface area contributed by atoms with Crippen LogP contribution in [0.3, 0.4) is 0 Å². The van der Waals surface area contributed by atoms with Gasteiger partial charge in [-0.05, 0) is 6.42 Å². The molecule has 16 heavy (non-hydrogen) atoms. The zero-order valence-corrected chi connectivity index (χ0v) is 10.3. The van der Waals surface area contributed by atoms with Crippen molar-refractivity contribution in [3.63, 3.8) is 0 Å². The van der Waals surface area contributed by atoms with E-state index in [9.17, 15) is 9.59 Å². The van der Waals surface area contributed by atoms with Gasteiger partial charge in [-0.25, -0.2) is 9.59 Å². The van der Waals surface area contributed by atoms with Crippen molar-refractivity contribution in [2.45, 2.75) is 26.7 Å². The highest BCUT2D eigenvalue weighted by molar-refractivity contribution is 5.85. The predicted molar refractivity (Wildman–Crippen MR) is 61.3 cm³/mol. The van der Waals surface area contributed by atoms with Crippen LogP contribution in [0.15, 0.2) is 0 Å². The van der Waals surface area contributed by atoms with Crippen LogP contribution in [0.4, 0.5) is 9.59 Å². The van der Waals surface area contributed by atoms with Crippen molar-refractivity contribution in [3.05, 3.63) is 0 Å². The zero-order valence-electron chi connectivity index (χ0n) is 9.52. The van der Waals surface area contributed by atoms with Crippen molar-refractivity contribution in [1.29, 1.82) is 0 Å². The van der Waals surface area contributed by atoms with Gasteiger partial charge in [0.15, 0.2) is 0 Å². The fourth-order valence-electron chi connectivity index (χ4n) is 1.28. The third-order valence-electron chi connectivity index (χ3n) is 1.98. The number of amides is 2. The van der Waals surface area contributed by atoms with E-state index in [1.807, 2.05) is 13.8 Å². The summed E-state index contributed by atoms with van der Waals surface area (Å²) in [6.45, 7) is 4.04. The summed E-state index contributed by atoms with van der Waals surface area (Å²) in [7, 11) is 0. The first-order valence-electron chi connectivity index (χ1n) is 4.74. The minimum atomic E-state index is -0.837. The minimum absolute atomic E-state index is 0. The van der Waals surface area contributed by atoms with Gasteiger partial charge in [-0.3, -0.25) is 0 Å². The highest BCUT2D eigenvalue weighted by Crippen LogP contribution is 2.24. The highest BCUT2D eigenvalue weighted by Gasteiger charge is 2.26. The van der Waals surface area contributed by atoms with Gasteiger partial charge in [0.1, 0.15) is 13.2 Å². The normalized spacial score (nSPS) is 10.1. The molecular formula is C9H19ClN2O4. The largest absolute Gasteiger partial charge is 0.449 e. The first-order valence-corrected chi connectivity index (χ1v) is 4.74. The van der Waals surface area contributed by atoms with E-state index >= 15 is 0 Å². The molecule has 0 aromatic rings. The average molecular weight is 255 g/mol. The van der Waals surface area contributed by atoms with Gasteiger partial charge in [0.2, 0.25) is 0 Å². The van der Waals surface area contributed by atoms with Gasteiger partial charge in [0.25, 0.3) is 0 Å². The molecule has 0 aromatic carbocycles. The lowest BCUT2D eigenvalue weighted by Gasteiger charge is -2.27. The second-order valence-electron chi connectivity index (χ2n) is 3.78. The Labute approximate surface area is 101 Å². The molecule has 0 atom stereocenters. The Balaban J connectivity index is 0. The molecule has 0 aliphatic rings. The van der Waals surface area contributed by atoms with Crippen molar-refractivity contribution in [2.24, 2.45) is 16.9 Å². The van der Waals surface area contributed by atoms with Crippen LogP contribution in [0.2, 0.25) is 0 Å². The van der Waals surface area contributed by atoms with E-state index in [2.05, 4.69) is 0 Å². The van der Waals surface area contributed by atoms with Gasteiger partial charge in [-0.2, -0.15) is 0 Å². The van der Waals surface area contributed by atoms with Crippen molar-refractivity contribution >= 4 is 24.6 Å². The van der Waals surface area contributed by atoms with Crippen LogP contribution in [-0.4, -0.2) is 25.4 Å². The molecule has 0 unspecified atom stereocenters. The Bertz CT molecular complexity index is 218. The maximum Gasteiger partial charge on any atom is 0.404 e. The molecule has 0 saturated carbocycles. The third-order valence-corrected chi connectivity index (χ3v) is 1.98. The summed E-state index contributed by atoms with van der Waals surface area (Å²) >= 11 is 0. The first kappa shape index (κ1) is 17.2. The summed E-state index contributed by atoms with van der Waals surface area (Å²) in [6, 6.07) is 0. The number of primary amides is 2. The molecule has 0 spiro atoms. The molecule has 2 amide bonds. The third kappa shape index (κ3) is 8.16. The van der Waals surface area contributed by atoms with Crippen molar-refractivity contribution in [3.8, 4) is 0 Å². The van der Waals surface area contributed by atoms with Crippen molar-refractivity contribution in [2.75, 3.05) is 13.2 Å². The average Bonchev–Trinajstić information content (AvgIpc) is 2.13. The Kier molecular flexibility index (Phi) is 8.66. The van der Waals surface area contributed by atoms with Gasteiger partial charge in [-0.1, -0.05) is 20.3 Å². The number of hydrogen-bond acceptors (Lipinski definition) is 4. The smallest absolute Gasteiger partial charge is 0.404 e. The van der Waals surface area contributed by atoms with E-state index in [-0.39, 0.29) is 25.6 Å². The van der Waals surface area contributed by atoms with Crippen LogP contribution in [0.5, 0.6) is 0 Å². The maximum absolute atomic E-state index is 10.5. The van der Waals surface area contributed by atoms with E-state index in [1.54, 1.807) is 0 Å². The second kappa shape index (κ2) is 8.04. The monoisotopic (exact) mass is 254 g/mol. The molecule has 6 nitrogen and oxygen atoms in total. The lowest BCUT2D eigenvalue weighted by molar-refractivity contribution is 0.0367. The lowest BCUT2D eigenvalue weighted by atomic mass is 9.87. The molecular weight excluding hydrogens is 236 g/mol. The van der Waals surface area contributed by atoms with Crippen LogP contribution in [0.25, 0.3) is 0 Å². The number of rotatable bonds is 6. The van der Waals surface area contributed by atoms with E-state index in [0.717, 1.165) is 12.8 Å². The molecule has 7 heteroatoms. The molecule has 0 radical (unpaired) electrons. The molecule has 96 valence electrons. The molecule has 4 N–H and O–H groups in total. The van der Waals surface area contributed by atoms with Crippen molar-refractivity contribution in [1.82, 2.24) is 0 Å². The fourth-order valence-corrected chi connectivity index (χ4v) is 1.28. The Morgan fingerprint density at radius 2 is 1.50 bits per heavy atom. The number of ether oxygens (including phenoxy) is 2. The molecule has 0 heterocycles. The molecule has 0 bridgehead atoms. The SMILES string of the molecule is CCCC(C)(COC(N)=O)COC(N)=O.Cl. The minimum Gasteiger partial charge on any atom is -0.449 e. The summed E-state index contributed by atoms with van der Waals surface area (Å²) in [5, 5.41) is 0.